The number of anilines is 1. The minimum atomic E-state index is -0.227. The summed E-state index contributed by atoms with van der Waals surface area (Å²) in [6, 6.07) is 8.86. The van der Waals surface area contributed by atoms with Crippen molar-refractivity contribution >= 4 is 72.0 Å². The minimum absolute atomic E-state index is 0.121. The summed E-state index contributed by atoms with van der Waals surface area (Å²) in [5.41, 5.74) is 6.53. The Morgan fingerprint density at radius 3 is 2.71 bits per heavy atom. The molecule has 0 unspecified atom stereocenters. The first-order valence-corrected chi connectivity index (χ1v) is 8.54. The molecule has 1 heterocycles. The number of rotatable bonds is 5. The molecule has 0 spiro atoms. The molecule has 2 aromatic rings. The molecule has 110 valence electrons. The lowest BCUT2D eigenvalue weighted by Crippen LogP contribution is -2.19. The van der Waals surface area contributed by atoms with Gasteiger partial charge in [0.2, 0.25) is 0 Å². The molecular weight excluding hydrogens is 440 g/mol. The van der Waals surface area contributed by atoms with Crippen LogP contribution >= 0.6 is 55.4 Å². The van der Waals surface area contributed by atoms with Crippen LogP contribution in [0.4, 0.5) is 5.69 Å². The average Bonchev–Trinajstić information content (AvgIpc) is 2.76. The monoisotopic (exact) mass is 448 g/mol. The number of thiophene rings is 1. The molecule has 0 saturated heterocycles. The molecule has 1 aromatic heterocycles. The van der Waals surface area contributed by atoms with Gasteiger partial charge in [0.25, 0.3) is 5.91 Å². The van der Waals surface area contributed by atoms with Crippen LogP contribution in [0.1, 0.15) is 10.4 Å². The van der Waals surface area contributed by atoms with Gasteiger partial charge >= 0.3 is 0 Å². The molecule has 2 rings (SSSR count). The molecule has 0 saturated carbocycles. The first-order valence-electron chi connectivity index (χ1n) is 5.73. The smallest absolute Gasteiger partial charge is 0.257 e. The number of hydrogen-bond acceptors (Lipinski definition) is 4. The highest BCUT2D eigenvalue weighted by Gasteiger charge is 2.15. The van der Waals surface area contributed by atoms with E-state index in [4.69, 9.17) is 22.7 Å². The van der Waals surface area contributed by atoms with Crippen molar-refractivity contribution < 1.29 is 9.53 Å². The Morgan fingerprint density at radius 1 is 1.38 bits per heavy atom. The van der Waals surface area contributed by atoms with Crippen LogP contribution in [0.15, 0.2) is 37.9 Å². The maximum atomic E-state index is 12.3. The second-order valence-corrected chi connectivity index (χ2v) is 8.22. The Labute approximate surface area is 147 Å². The van der Waals surface area contributed by atoms with Gasteiger partial charge in [0, 0.05) is 0 Å². The van der Waals surface area contributed by atoms with E-state index in [0.717, 1.165) is 7.57 Å². The van der Waals surface area contributed by atoms with E-state index in [1.165, 1.54) is 11.3 Å². The number of nitrogens with one attached hydrogen (secondary N) is 1. The highest BCUT2D eigenvalue weighted by Crippen LogP contribution is 2.33. The third kappa shape index (κ3) is 4.50. The number of thiocarbonyl (C=S) groups is 1. The highest BCUT2D eigenvalue weighted by molar-refractivity contribution is 9.12. The zero-order chi connectivity index (χ0) is 15.4. The van der Waals surface area contributed by atoms with Crippen molar-refractivity contribution in [2.24, 2.45) is 5.73 Å². The van der Waals surface area contributed by atoms with Crippen LogP contribution in [0, 0.1) is 0 Å². The minimum Gasteiger partial charge on any atom is -0.484 e. The van der Waals surface area contributed by atoms with Gasteiger partial charge in [-0.2, -0.15) is 0 Å². The standard InChI is InChI=1S/C13H10Br2N2O2S2/c14-10-5-7(12(15)21-10)13(18)17-8-3-1-2-4-9(8)19-6-11(16)20/h1-5H,6H2,(H2,16,20)(H,17,18). The largest absolute Gasteiger partial charge is 0.484 e. The van der Waals surface area contributed by atoms with E-state index in [-0.39, 0.29) is 17.5 Å². The molecule has 0 fully saturated rings. The molecule has 0 atom stereocenters. The fourth-order valence-corrected chi connectivity index (χ4v) is 4.38. The summed E-state index contributed by atoms with van der Waals surface area (Å²) < 4.78 is 7.10. The molecule has 0 bridgehead atoms. The number of hydrogen-bond donors (Lipinski definition) is 2. The zero-order valence-electron chi connectivity index (χ0n) is 10.6. The molecule has 3 N–H and O–H groups in total. The fraction of sp³-hybridized carbons (Fsp3) is 0.0769. The fourth-order valence-electron chi connectivity index (χ4n) is 1.53. The number of carbonyl (C=O) groups excluding carboxylic acids is 1. The predicted molar refractivity (Wildman–Crippen MR) is 96.4 cm³/mol. The van der Waals surface area contributed by atoms with Gasteiger partial charge in [0.1, 0.15) is 17.3 Å². The maximum Gasteiger partial charge on any atom is 0.257 e. The van der Waals surface area contributed by atoms with Crippen LogP contribution in [0.2, 0.25) is 0 Å². The molecule has 21 heavy (non-hydrogen) atoms. The second-order valence-electron chi connectivity index (χ2n) is 3.94. The van der Waals surface area contributed by atoms with Crippen molar-refractivity contribution in [3.63, 3.8) is 0 Å². The summed E-state index contributed by atoms with van der Waals surface area (Å²) in [6.45, 7) is 0.121. The Hall–Kier alpha value is -0.960. The van der Waals surface area contributed by atoms with Crippen LogP contribution in [-0.2, 0) is 0 Å². The lowest BCUT2D eigenvalue weighted by atomic mass is 10.2. The topological polar surface area (TPSA) is 64.3 Å². The number of amides is 1. The number of carbonyl (C=O) groups is 1. The third-order valence-corrected chi connectivity index (χ3v) is 4.86. The molecule has 0 radical (unpaired) electrons. The number of nitrogens with two attached hydrogens (primary N) is 1. The first kappa shape index (κ1) is 16.4. The Kier molecular flexibility index (Phi) is 5.74. The van der Waals surface area contributed by atoms with Crippen molar-refractivity contribution in [1.29, 1.82) is 0 Å². The SMILES string of the molecule is NC(=S)COc1ccccc1NC(=O)c1cc(Br)sc1Br. The highest BCUT2D eigenvalue weighted by atomic mass is 79.9. The van der Waals surface area contributed by atoms with Crippen LogP contribution in [-0.4, -0.2) is 17.5 Å². The summed E-state index contributed by atoms with van der Waals surface area (Å²) in [5, 5.41) is 2.81. The van der Waals surface area contributed by atoms with E-state index in [0.29, 0.717) is 17.0 Å². The number of para-hydroxylation sites is 2. The summed E-state index contributed by atoms with van der Waals surface area (Å²) >= 11 is 12.9. The van der Waals surface area contributed by atoms with Gasteiger partial charge in [-0.25, -0.2) is 0 Å². The Balaban J connectivity index is 2.17. The number of halogens is 2. The van der Waals surface area contributed by atoms with Crippen LogP contribution < -0.4 is 15.8 Å². The van der Waals surface area contributed by atoms with Crippen LogP contribution in [0.5, 0.6) is 5.75 Å². The summed E-state index contributed by atoms with van der Waals surface area (Å²) in [7, 11) is 0. The van der Waals surface area contributed by atoms with Gasteiger partial charge in [-0.05, 0) is 50.1 Å². The Morgan fingerprint density at radius 2 is 2.10 bits per heavy atom. The predicted octanol–water partition coefficient (Wildman–Crippen LogP) is 4.19. The van der Waals surface area contributed by atoms with E-state index in [9.17, 15) is 4.79 Å². The molecule has 1 aromatic carbocycles. The van der Waals surface area contributed by atoms with E-state index in [1.807, 2.05) is 12.1 Å². The van der Waals surface area contributed by atoms with Crippen molar-refractivity contribution in [2.75, 3.05) is 11.9 Å². The van der Waals surface area contributed by atoms with Gasteiger partial charge in [-0.3, -0.25) is 4.79 Å². The maximum absolute atomic E-state index is 12.3. The van der Waals surface area contributed by atoms with Crippen molar-refractivity contribution in [2.45, 2.75) is 0 Å². The van der Waals surface area contributed by atoms with Crippen molar-refractivity contribution in [3.8, 4) is 5.75 Å². The zero-order valence-corrected chi connectivity index (χ0v) is 15.4. The van der Waals surface area contributed by atoms with Crippen molar-refractivity contribution in [3.05, 3.63) is 43.5 Å². The molecule has 0 aliphatic rings. The van der Waals surface area contributed by atoms with Gasteiger partial charge in [0.05, 0.1) is 18.8 Å². The second kappa shape index (κ2) is 7.35. The summed E-state index contributed by atoms with van der Waals surface area (Å²) in [6.07, 6.45) is 0. The molecule has 8 heteroatoms. The summed E-state index contributed by atoms with van der Waals surface area (Å²) in [5.74, 6) is 0.291. The van der Waals surface area contributed by atoms with Crippen molar-refractivity contribution in [1.82, 2.24) is 0 Å². The van der Waals surface area contributed by atoms with Gasteiger partial charge < -0.3 is 15.8 Å². The van der Waals surface area contributed by atoms with E-state index >= 15 is 0 Å². The van der Waals surface area contributed by atoms with Crippen LogP contribution in [0.3, 0.4) is 0 Å². The quantitative estimate of drug-likeness (QED) is 0.671. The molecule has 0 aliphatic carbocycles. The number of ether oxygens (including phenoxy) is 1. The van der Waals surface area contributed by atoms with E-state index in [2.05, 4.69) is 37.2 Å². The van der Waals surface area contributed by atoms with Gasteiger partial charge in [0.15, 0.2) is 0 Å². The third-order valence-electron chi connectivity index (χ3n) is 2.41. The number of benzene rings is 1. The lowest BCUT2D eigenvalue weighted by molar-refractivity contribution is 0.102. The van der Waals surface area contributed by atoms with Crippen LogP contribution in [0.25, 0.3) is 0 Å². The molecule has 4 nitrogen and oxygen atoms in total. The average molecular weight is 450 g/mol. The molecular formula is C13H10Br2N2O2S2. The lowest BCUT2D eigenvalue weighted by Gasteiger charge is -2.11. The first-order chi connectivity index (χ1) is 9.97. The van der Waals surface area contributed by atoms with Gasteiger partial charge in [-0.15, -0.1) is 11.3 Å². The van der Waals surface area contributed by atoms with E-state index < -0.39 is 0 Å². The molecule has 0 aliphatic heterocycles. The van der Waals surface area contributed by atoms with Gasteiger partial charge in [-0.1, -0.05) is 24.4 Å². The molecule has 1 amide bonds. The Bertz CT molecular complexity index is 689. The summed E-state index contributed by atoms with van der Waals surface area (Å²) in [4.78, 5) is 12.5. The normalized spacial score (nSPS) is 10.2. The van der Waals surface area contributed by atoms with E-state index in [1.54, 1.807) is 18.2 Å².